The van der Waals surface area contributed by atoms with E-state index < -0.39 is 21.6 Å². The molecule has 0 saturated heterocycles. The maximum absolute atomic E-state index is 12.4. The van der Waals surface area contributed by atoms with Crippen LogP contribution in [-0.2, 0) is 14.6 Å². The van der Waals surface area contributed by atoms with E-state index in [4.69, 9.17) is 19.3 Å². The smallest absolute Gasteiger partial charge is 0.339 e. The van der Waals surface area contributed by atoms with Crippen molar-refractivity contribution in [1.29, 1.82) is 0 Å². The molecule has 158 valence electrons. The van der Waals surface area contributed by atoms with Crippen LogP contribution in [0.3, 0.4) is 0 Å². The van der Waals surface area contributed by atoms with Crippen molar-refractivity contribution in [3.05, 3.63) is 48.0 Å². The highest BCUT2D eigenvalue weighted by Gasteiger charge is 2.15. The number of aromatic carboxylic acids is 1. The van der Waals surface area contributed by atoms with Crippen molar-refractivity contribution >= 4 is 15.8 Å². The number of hydrogen-bond acceptors (Lipinski definition) is 7. The van der Waals surface area contributed by atoms with Gasteiger partial charge < -0.3 is 24.4 Å². The number of hydrogen-bond donors (Lipinski definition) is 2. The number of benzene rings is 2. The zero-order chi connectivity index (χ0) is 21.3. The van der Waals surface area contributed by atoms with Crippen LogP contribution in [-0.4, -0.2) is 56.8 Å². The monoisotopic (exact) mass is 424 g/mol. The number of sulfone groups is 1. The summed E-state index contributed by atoms with van der Waals surface area (Å²) >= 11 is 0. The average Bonchev–Trinajstić information content (AvgIpc) is 2.69. The molecule has 0 heterocycles. The van der Waals surface area contributed by atoms with Crippen LogP contribution in [0.15, 0.2) is 47.4 Å². The fourth-order valence-corrected chi connectivity index (χ4v) is 3.73. The van der Waals surface area contributed by atoms with Crippen LogP contribution < -0.4 is 9.47 Å². The maximum Gasteiger partial charge on any atom is 0.339 e. The van der Waals surface area contributed by atoms with Gasteiger partial charge >= 0.3 is 5.97 Å². The van der Waals surface area contributed by atoms with Crippen LogP contribution >= 0.6 is 0 Å². The standard InChI is InChI=1S/C20H24O8S/c1-2-26-11-12-28-15-4-7-17(8-5-15)29(24,25)13-3-10-27-16-6-9-18(20(22)23)19(21)14-16/h4-9,14,21H,2-3,10-13H2,1H3,(H,22,23). The predicted octanol–water partition coefficient (Wildman–Crippen LogP) is 2.75. The number of ether oxygens (including phenoxy) is 3. The van der Waals surface area contributed by atoms with E-state index in [0.717, 1.165) is 0 Å². The van der Waals surface area contributed by atoms with E-state index in [2.05, 4.69) is 0 Å². The van der Waals surface area contributed by atoms with E-state index in [1.807, 2.05) is 6.92 Å². The molecule has 2 aromatic carbocycles. The summed E-state index contributed by atoms with van der Waals surface area (Å²) in [7, 11) is -3.47. The fourth-order valence-electron chi connectivity index (χ4n) is 2.44. The van der Waals surface area contributed by atoms with E-state index in [9.17, 15) is 18.3 Å². The minimum atomic E-state index is -3.47. The van der Waals surface area contributed by atoms with Crippen LogP contribution in [0.1, 0.15) is 23.7 Å². The van der Waals surface area contributed by atoms with Crippen LogP contribution in [0.25, 0.3) is 0 Å². The third-order valence-electron chi connectivity index (χ3n) is 3.91. The molecule has 0 aliphatic heterocycles. The number of carboxylic acids is 1. The Balaban J connectivity index is 1.82. The van der Waals surface area contributed by atoms with Crippen molar-refractivity contribution < 1.29 is 37.6 Å². The summed E-state index contributed by atoms with van der Waals surface area (Å²) < 4.78 is 40.8. The molecule has 0 aromatic heterocycles. The van der Waals surface area contributed by atoms with Gasteiger partial charge in [0.15, 0.2) is 9.84 Å². The Labute approximate surface area is 169 Å². The zero-order valence-electron chi connectivity index (χ0n) is 16.0. The summed E-state index contributed by atoms with van der Waals surface area (Å²) in [5, 5.41) is 18.5. The summed E-state index contributed by atoms with van der Waals surface area (Å²) in [6.07, 6.45) is 0.233. The Hall–Kier alpha value is -2.78. The number of aromatic hydroxyl groups is 1. The van der Waals surface area contributed by atoms with Crippen molar-refractivity contribution in [1.82, 2.24) is 0 Å². The average molecular weight is 424 g/mol. The lowest BCUT2D eigenvalue weighted by atomic mass is 10.2. The first kappa shape index (κ1) is 22.5. The Morgan fingerprint density at radius 2 is 1.62 bits per heavy atom. The summed E-state index contributed by atoms with van der Waals surface area (Å²) in [4.78, 5) is 11.0. The first-order valence-corrected chi connectivity index (χ1v) is 10.7. The van der Waals surface area contributed by atoms with Gasteiger partial charge in [-0.1, -0.05) is 0 Å². The van der Waals surface area contributed by atoms with Crippen LogP contribution in [0.2, 0.25) is 0 Å². The van der Waals surface area contributed by atoms with E-state index in [0.29, 0.717) is 25.6 Å². The second-order valence-corrected chi connectivity index (χ2v) is 8.13. The maximum atomic E-state index is 12.4. The Kier molecular flexibility index (Phi) is 8.29. The molecule has 0 radical (unpaired) electrons. The molecule has 0 atom stereocenters. The fraction of sp³-hybridized carbons (Fsp3) is 0.350. The van der Waals surface area contributed by atoms with Gasteiger partial charge in [-0.2, -0.15) is 0 Å². The van der Waals surface area contributed by atoms with Gasteiger partial charge in [0.05, 0.1) is 23.9 Å². The molecule has 29 heavy (non-hydrogen) atoms. The van der Waals surface area contributed by atoms with Crippen LogP contribution in [0, 0.1) is 0 Å². The molecule has 0 amide bonds. The Morgan fingerprint density at radius 1 is 0.966 bits per heavy atom. The normalized spacial score (nSPS) is 11.2. The minimum Gasteiger partial charge on any atom is -0.507 e. The van der Waals surface area contributed by atoms with Gasteiger partial charge in [0.25, 0.3) is 0 Å². The lowest BCUT2D eigenvalue weighted by Gasteiger charge is -2.09. The van der Waals surface area contributed by atoms with Gasteiger partial charge in [0, 0.05) is 12.7 Å². The highest BCUT2D eigenvalue weighted by Crippen LogP contribution is 2.24. The third-order valence-corrected chi connectivity index (χ3v) is 5.73. The highest BCUT2D eigenvalue weighted by atomic mass is 32.2. The van der Waals surface area contributed by atoms with Gasteiger partial charge in [-0.05, 0) is 49.7 Å². The van der Waals surface area contributed by atoms with Crippen LogP contribution in [0.5, 0.6) is 17.2 Å². The lowest BCUT2D eigenvalue weighted by Crippen LogP contribution is -2.11. The minimum absolute atomic E-state index is 0.101. The van der Waals surface area contributed by atoms with E-state index in [1.165, 1.54) is 30.3 Å². The molecule has 0 aliphatic carbocycles. The van der Waals surface area contributed by atoms with Crippen molar-refractivity contribution in [2.45, 2.75) is 18.2 Å². The number of carbonyl (C=O) groups is 1. The van der Waals surface area contributed by atoms with E-state index in [-0.39, 0.29) is 35.0 Å². The molecular weight excluding hydrogens is 400 g/mol. The van der Waals surface area contributed by atoms with Gasteiger partial charge in [0.2, 0.25) is 0 Å². The summed E-state index contributed by atoms with van der Waals surface area (Å²) in [6, 6.07) is 10.00. The molecule has 0 saturated carbocycles. The molecule has 2 N–H and O–H groups in total. The molecule has 0 aliphatic rings. The van der Waals surface area contributed by atoms with E-state index >= 15 is 0 Å². The zero-order valence-corrected chi connectivity index (χ0v) is 16.9. The molecule has 9 heteroatoms. The summed E-state index contributed by atoms with van der Waals surface area (Å²) in [5.74, 6) is -0.941. The summed E-state index contributed by atoms with van der Waals surface area (Å²) in [6.45, 7) is 3.46. The van der Waals surface area contributed by atoms with Crippen molar-refractivity contribution in [3.63, 3.8) is 0 Å². The lowest BCUT2D eigenvalue weighted by molar-refractivity contribution is 0.0693. The number of rotatable bonds is 12. The van der Waals surface area contributed by atoms with Gasteiger partial charge in [0.1, 0.15) is 29.4 Å². The van der Waals surface area contributed by atoms with Crippen LogP contribution in [0.4, 0.5) is 0 Å². The van der Waals surface area contributed by atoms with Gasteiger partial charge in [-0.3, -0.25) is 0 Å². The molecule has 0 spiro atoms. The molecule has 0 unspecified atom stereocenters. The Morgan fingerprint density at radius 3 is 2.24 bits per heavy atom. The predicted molar refractivity (Wildman–Crippen MR) is 106 cm³/mol. The molecular formula is C20H24O8S. The molecule has 0 bridgehead atoms. The number of carboxylic acid groups (broad SMARTS) is 1. The first-order chi connectivity index (χ1) is 13.8. The van der Waals surface area contributed by atoms with Crippen molar-refractivity contribution in [2.75, 3.05) is 32.2 Å². The number of phenols is 1. The SMILES string of the molecule is CCOCCOc1ccc(S(=O)(=O)CCCOc2ccc(C(=O)O)c(O)c2)cc1. The highest BCUT2D eigenvalue weighted by molar-refractivity contribution is 7.91. The summed E-state index contributed by atoms with van der Waals surface area (Å²) in [5.41, 5.74) is -0.231. The quantitative estimate of drug-likeness (QED) is 0.499. The largest absolute Gasteiger partial charge is 0.507 e. The second kappa shape index (κ2) is 10.7. The molecule has 0 fully saturated rings. The third kappa shape index (κ3) is 6.95. The van der Waals surface area contributed by atoms with Crippen molar-refractivity contribution in [3.8, 4) is 17.2 Å². The van der Waals surface area contributed by atoms with Crippen molar-refractivity contribution in [2.24, 2.45) is 0 Å². The topological polar surface area (TPSA) is 119 Å². The second-order valence-electron chi connectivity index (χ2n) is 6.02. The molecule has 8 nitrogen and oxygen atoms in total. The molecule has 2 rings (SSSR count). The van der Waals surface area contributed by atoms with E-state index in [1.54, 1.807) is 12.1 Å². The van der Waals surface area contributed by atoms with Gasteiger partial charge in [-0.25, -0.2) is 13.2 Å². The Bertz CT molecular complexity index is 907. The first-order valence-electron chi connectivity index (χ1n) is 9.06. The van der Waals surface area contributed by atoms with Gasteiger partial charge in [-0.15, -0.1) is 0 Å². The molecule has 2 aromatic rings.